The van der Waals surface area contributed by atoms with E-state index >= 15 is 0 Å². The van der Waals surface area contributed by atoms with Gasteiger partial charge in [0.15, 0.2) is 6.39 Å². The lowest BCUT2D eigenvalue weighted by Crippen LogP contribution is -2.50. The third-order valence-electron chi connectivity index (χ3n) is 3.99. The van der Waals surface area contributed by atoms with Crippen LogP contribution in [0.15, 0.2) is 10.8 Å². The van der Waals surface area contributed by atoms with Gasteiger partial charge in [-0.2, -0.15) is 0 Å². The minimum atomic E-state index is -0.823. The van der Waals surface area contributed by atoms with Crippen LogP contribution in [0.4, 0.5) is 0 Å². The van der Waals surface area contributed by atoms with Gasteiger partial charge in [-0.3, -0.25) is 9.59 Å². The molecule has 1 fully saturated rings. The number of aromatic nitrogens is 1. The first-order valence-electron chi connectivity index (χ1n) is 6.93. The Morgan fingerprint density at radius 2 is 2.30 bits per heavy atom. The second-order valence-corrected chi connectivity index (χ2v) is 5.43. The molecule has 0 aliphatic carbocycles. The zero-order chi connectivity index (χ0) is 14.8. The van der Waals surface area contributed by atoms with Crippen LogP contribution in [0.1, 0.15) is 48.9 Å². The summed E-state index contributed by atoms with van der Waals surface area (Å²) >= 11 is 0. The summed E-state index contributed by atoms with van der Waals surface area (Å²) < 4.78 is 5.12. The summed E-state index contributed by atoms with van der Waals surface area (Å²) in [5.41, 5.74) is -0.284. The van der Waals surface area contributed by atoms with Crippen LogP contribution in [-0.2, 0) is 4.79 Å². The average molecular weight is 280 g/mol. The Balaban J connectivity index is 2.20. The number of carboxylic acids is 1. The van der Waals surface area contributed by atoms with Crippen LogP contribution >= 0.6 is 0 Å². The number of aryl methyl sites for hydroxylation is 1. The first-order valence-corrected chi connectivity index (χ1v) is 6.93. The summed E-state index contributed by atoms with van der Waals surface area (Å²) in [6, 6.07) is 0. The van der Waals surface area contributed by atoms with E-state index in [4.69, 9.17) is 4.42 Å². The maximum Gasteiger partial charge on any atom is 0.311 e. The Labute approximate surface area is 117 Å². The van der Waals surface area contributed by atoms with Crippen molar-refractivity contribution in [1.82, 2.24) is 9.88 Å². The van der Waals surface area contributed by atoms with Gasteiger partial charge in [0.05, 0.1) is 11.1 Å². The molecule has 1 aliphatic rings. The molecule has 0 bridgehead atoms. The van der Waals surface area contributed by atoms with Gasteiger partial charge in [-0.25, -0.2) is 4.98 Å². The van der Waals surface area contributed by atoms with Crippen LogP contribution in [-0.4, -0.2) is 40.0 Å². The fraction of sp³-hybridized carbons (Fsp3) is 0.643. The summed E-state index contributed by atoms with van der Waals surface area (Å²) in [4.78, 5) is 29.5. The van der Waals surface area contributed by atoms with E-state index in [1.807, 2.05) is 6.92 Å². The number of carbonyl (C=O) groups is 2. The van der Waals surface area contributed by atoms with Crippen molar-refractivity contribution in [1.29, 1.82) is 0 Å². The molecule has 1 N–H and O–H groups in total. The maximum atomic E-state index is 12.4. The Bertz CT molecular complexity index is 507. The van der Waals surface area contributed by atoms with E-state index in [9.17, 15) is 14.7 Å². The number of rotatable bonds is 4. The number of aliphatic carboxylic acids is 1. The molecule has 1 amide bonds. The molecular formula is C14H20N2O4. The summed E-state index contributed by atoms with van der Waals surface area (Å²) in [6.45, 7) is 4.48. The number of piperidine rings is 1. The smallest absolute Gasteiger partial charge is 0.311 e. The van der Waals surface area contributed by atoms with Crippen LogP contribution < -0.4 is 0 Å². The molecule has 1 aromatic heterocycles. The summed E-state index contributed by atoms with van der Waals surface area (Å²) in [5, 5.41) is 9.53. The molecule has 0 spiro atoms. The minimum Gasteiger partial charge on any atom is -0.481 e. The van der Waals surface area contributed by atoms with Gasteiger partial charge in [-0.05, 0) is 26.2 Å². The molecule has 1 unspecified atom stereocenters. The number of oxazole rings is 1. The number of carbonyl (C=O) groups excluding carboxylic acids is 1. The summed E-state index contributed by atoms with van der Waals surface area (Å²) in [5.74, 6) is -0.866. The van der Waals surface area contributed by atoms with E-state index in [1.54, 1.807) is 11.8 Å². The molecule has 1 aliphatic heterocycles. The number of hydrogen-bond acceptors (Lipinski definition) is 4. The molecule has 0 aromatic carbocycles. The third kappa shape index (κ3) is 2.55. The van der Waals surface area contributed by atoms with Gasteiger partial charge in [-0.1, -0.05) is 13.3 Å². The van der Waals surface area contributed by atoms with E-state index < -0.39 is 11.4 Å². The molecule has 1 saturated heterocycles. The van der Waals surface area contributed by atoms with Gasteiger partial charge in [0.25, 0.3) is 5.91 Å². The molecule has 0 saturated carbocycles. The van der Waals surface area contributed by atoms with Crippen LogP contribution in [0.25, 0.3) is 0 Å². The highest BCUT2D eigenvalue weighted by molar-refractivity contribution is 5.93. The number of amides is 1. The van der Waals surface area contributed by atoms with Crippen molar-refractivity contribution in [2.45, 2.75) is 39.5 Å². The number of carboxylic acid groups (broad SMARTS) is 1. The average Bonchev–Trinajstić information content (AvgIpc) is 2.84. The first kappa shape index (κ1) is 14.6. The molecule has 6 heteroatoms. The van der Waals surface area contributed by atoms with E-state index in [1.165, 1.54) is 6.39 Å². The second kappa shape index (κ2) is 5.64. The van der Waals surface area contributed by atoms with Gasteiger partial charge >= 0.3 is 5.97 Å². The molecule has 6 nitrogen and oxygen atoms in total. The highest BCUT2D eigenvalue weighted by atomic mass is 16.4. The van der Waals surface area contributed by atoms with Gasteiger partial charge in [0, 0.05) is 13.1 Å². The van der Waals surface area contributed by atoms with Crippen molar-refractivity contribution in [3.63, 3.8) is 0 Å². The Morgan fingerprint density at radius 1 is 1.55 bits per heavy atom. The lowest BCUT2D eigenvalue weighted by molar-refractivity contribution is -0.152. The second-order valence-electron chi connectivity index (χ2n) is 5.43. The highest BCUT2D eigenvalue weighted by Gasteiger charge is 2.43. The molecule has 1 aromatic rings. The maximum absolute atomic E-state index is 12.4. The van der Waals surface area contributed by atoms with Crippen LogP contribution in [0, 0.1) is 12.3 Å². The molecule has 1 atom stereocenters. The largest absolute Gasteiger partial charge is 0.481 e. The van der Waals surface area contributed by atoms with Crippen molar-refractivity contribution >= 4 is 11.9 Å². The van der Waals surface area contributed by atoms with E-state index in [0.717, 1.165) is 6.42 Å². The monoisotopic (exact) mass is 280 g/mol. The van der Waals surface area contributed by atoms with Crippen molar-refractivity contribution in [3.05, 3.63) is 17.8 Å². The van der Waals surface area contributed by atoms with Crippen molar-refractivity contribution < 1.29 is 19.1 Å². The molecule has 2 heterocycles. The first-order chi connectivity index (χ1) is 9.50. The van der Waals surface area contributed by atoms with Crippen molar-refractivity contribution in [3.8, 4) is 0 Å². The minimum absolute atomic E-state index is 0.211. The molecule has 0 radical (unpaired) electrons. The fourth-order valence-corrected chi connectivity index (χ4v) is 2.92. The molecular weight excluding hydrogens is 260 g/mol. The topological polar surface area (TPSA) is 83.6 Å². The molecule has 20 heavy (non-hydrogen) atoms. The Morgan fingerprint density at radius 3 is 2.85 bits per heavy atom. The van der Waals surface area contributed by atoms with Gasteiger partial charge in [0.2, 0.25) is 5.76 Å². The van der Waals surface area contributed by atoms with Crippen molar-refractivity contribution in [2.75, 3.05) is 13.1 Å². The van der Waals surface area contributed by atoms with E-state index in [-0.39, 0.29) is 18.2 Å². The van der Waals surface area contributed by atoms with Gasteiger partial charge < -0.3 is 14.4 Å². The van der Waals surface area contributed by atoms with Gasteiger partial charge in [0.1, 0.15) is 0 Å². The van der Waals surface area contributed by atoms with Crippen LogP contribution in [0.5, 0.6) is 0 Å². The number of nitrogens with zero attached hydrogens (tertiary/aromatic N) is 2. The highest BCUT2D eigenvalue weighted by Crippen LogP contribution is 2.35. The van der Waals surface area contributed by atoms with E-state index in [2.05, 4.69) is 4.98 Å². The molecule has 110 valence electrons. The normalized spacial score (nSPS) is 22.8. The summed E-state index contributed by atoms with van der Waals surface area (Å²) in [7, 11) is 0. The molecule has 2 rings (SSSR count). The standard InChI is InChI=1S/C14H20N2O4/c1-3-5-14(13(18)19)6-4-7-16(8-14)12(17)11-10(2)15-9-20-11/h9H,3-8H2,1-2H3,(H,18,19). The van der Waals surface area contributed by atoms with E-state index in [0.29, 0.717) is 31.5 Å². The van der Waals surface area contributed by atoms with Crippen molar-refractivity contribution in [2.24, 2.45) is 5.41 Å². The Kier molecular flexibility index (Phi) is 4.11. The number of hydrogen-bond donors (Lipinski definition) is 1. The zero-order valence-corrected chi connectivity index (χ0v) is 11.9. The predicted octanol–water partition coefficient (Wildman–Crippen LogP) is 2.09. The third-order valence-corrected chi connectivity index (χ3v) is 3.99. The van der Waals surface area contributed by atoms with Gasteiger partial charge in [-0.15, -0.1) is 0 Å². The lowest BCUT2D eigenvalue weighted by Gasteiger charge is -2.39. The zero-order valence-electron chi connectivity index (χ0n) is 11.9. The quantitative estimate of drug-likeness (QED) is 0.913. The predicted molar refractivity (Wildman–Crippen MR) is 71.4 cm³/mol. The summed E-state index contributed by atoms with van der Waals surface area (Å²) in [6.07, 6.45) is 3.93. The number of likely N-dealkylation sites (tertiary alicyclic amines) is 1. The lowest BCUT2D eigenvalue weighted by atomic mass is 9.76. The Hall–Kier alpha value is -1.85. The van der Waals surface area contributed by atoms with Crippen LogP contribution in [0.2, 0.25) is 0 Å². The van der Waals surface area contributed by atoms with Crippen LogP contribution in [0.3, 0.4) is 0 Å². The SMILES string of the molecule is CCCC1(C(=O)O)CCCN(C(=O)c2ocnc2C)C1. The fourth-order valence-electron chi connectivity index (χ4n) is 2.92.